The van der Waals surface area contributed by atoms with Crippen LogP contribution in [0.1, 0.15) is 116 Å². The first-order valence-corrected chi connectivity index (χ1v) is 39.1. The monoisotopic (exact) mass is 1780 g/mol. The minimum absolute atomic E-state index is 0.0314. The summed E-state index contributed by atoms with van der Waals surface area (Å²) in [5.74, 6) is -5.84. The third-order valence-corrected chi connectivity index (χ3v) is 18.9. The largest absolute Gasteiger partial charge is 0.416 e. The van der Waals surface area contributed by atoms with E-state index in [1.165, 1.54) is 82.5 Å². The molecule has 0 unspecified atom stereocenters. The van der Waals surface area contributed by atoms with Crippen molar-refractivity contribution in [3.63, 3.8) is 0 Å². The molecule has 8 N–H and O–H groups in total. The number of carbonyl (C=O) groups is 8. The number of rotatable bonds is 20. The standard InChI is InChI=1S/C23H17F3N6O2.2C22H17ClN6O2.C22H17F2N7O2/c1-14-5-2-3-7-18(14)20(34)29-22-30-21(28-19(33)15-6-4-12-27-13-15)31-32(22)17-10-8-16(9-11-17)23(24,25)26;1-14-5-2-3-7-18(14)20(31)26-22-27-21(25-19(30)15-6-4-12-24-13-15)28-29(22)17-10-8-16(23)9-11-17;1-14-4-2-3-5-18(14)20(31)26-22-27-21(25-19(30)15-10-12-24-13-11-15)28-29(22)17-8-6-16(23)7-9-17;1-12-8-25-10-15(23)17(12)19(32)27-21-29-22(31(30-21)14-6-4-3-5-7-14)28-20(33)18-13(2)9-26-11-16(18)24/h2-13H,1H3,(H2,28,29,30,31,33,34);2*2-13H,1H3,(H2,25,26,27,28,30,31);3-11H,1-2H3,(H2,27,28,29,30,32,33). The number of para-hydroxylation sites is 1. The van der Waals surface area contributed by atoms with E-state index in [0.29, 0.717) is 71.6 Å². The molecule has 0 radical (unpaired) electrons. The highest BCUT2D eigenvalue weighted by Gasteiger charge is 2.31. The van der Waals surface area contributed by atoms with Crippen LogP contribution in [0.15, 0.2) is 274 Å². The van der Waals surface area contributed by atoms with Gasteiger partial charge in [-0.05, 0) is 202 Å². The lowest BCUT2D eigenvalue weighted by atomic mass is 10.1. The van der Waals surface area contributed by atoms with Gasteiger partial charge in [-0.2, -0.15) is 51.8 Å². The van der Waals surface area contributed by atoms with E-state index in [1.807, 2.05) is 38.1 Å². The zero-order valence-corrected chi connectivity index (χ0v) is 69.5. The Kier molecular flexibility index (Phi) is 28.4. The van der Waals surface area contributed by atoms with Gasteiger partial charge in [0.2, 0.25) is 23.8 Å². The van der Waals surface area contributed by atoms with Crippen LogP contribution in [0, 0.1) is 46.3 Å². The molecule has 0 aliphatic rings. The number of nitrogens with zero attached hydrogens (tertiary/aromatic N) is 17. The number of hydrogen-bond donors (Lipinski definition) is 8. The molecule has 33 nitrogen and oxygen atoms in total. The molecule has 0 spiro atoms. The van der Waals surface area contributed by atoms with Crippen LogP contribution in [-0.2, 0) is 6.18 Å². The second kappa shape index (κ2) is 40.9. The normalized spacial score (nSPS) is 10.7. The van der Waals surface area contributed by atoms with E-state index in [0.717, 1.165) is 40.3 Å². The summed E-state index contributed by atoms with van der Waals surface area (Å²) in [5.41, 5.74) is 6.11. The van der Waals surface area contributed by atoms with E-state index in [-0.39, 0.29) is 81.8 Å². The first kappa shape index (κ1) is 89.6. The van der Waals surface area contributed by atoms with Gasteiger partial charge in [-0.15, -0.1) is 20.4 Å². The molecule has 0 atom stereocenters. The Morgan fingerprint density at radius 1 is 0.287 bits per heavy atom. The fourth-order valence-electron chi connectivity index (χ4n) is 12.0. The number of benzene rings is 7. The molecule has 8 amide bonds. The number of alkyl halides is 3. The van der Waals surface area contributed by atoms with Gasteiger partial charge in [-0.3, -0.25) is 106 Å². The van der Waals surface area contributed by atoms with Gasteiger partial charge in [0.05, 0.1) is 63.0 Å². The third kappa shape index (κ3) is 22.8. The van der Waals surface area contributed by atoms with Crippen molar-refractivity contribution < 1.29 is 60.3 Å². The van der Waals surface area contributed by atoms with Crippen molar-refractivity contribution >= 4 is 118 Å². The molecule has 0 fully saturated rings. The van der Waals surface area contributed by atoms with Crippen LogP contribution < -0.4 is 42.5 Å². The molecule has 0 aliphatic carbocycles. The predicted molar refractivity (Wildman–Crippen MR) is 468 cm³/mol. The number of halogens is 7. The Balaban J connectivity index is 0.000000147. The summed E-state index contributed by atoms with van der Waals surface area (Å²) in [4.78, 5) is 137. The minimum atomic E-state index is -4.51. The number of nitrogens with one attached hydrogen (secondary N) is 8. The molecule has 16 rings (SSSR count). The number of carbonyl (C=O) groups excluding carboxylic acids is 8. The number of aryl methyl sites for hydroxylation is 5. The lowest BCUT2D eigenvalue weighted by Gasteiger charge is -2.10. The molecule has 7 aromatic carbocycles. The van der Waals surface area contributed by atoms with Gasteiger partial charge in [0.15, 0.2) is 11.6 Å². The second-order valence-electron chi connectivity index (χ2n) is 27.4. The van der Waals surface area contributed by atoms with E-state index >= 15 is 0 Å². The van der Waals surface area contributed by atoms with Crippen molar-refractivity contribution in [3.8, 4) is 22.7 Å². The fraction of sp³-hybridized carbons (Fsp3) is 0.0674. The molecule has 0 saturated heterocycles. The Bertz CT molecular complexity index is 6560. The van der Waals surface area contributed by atoms with Gasteiger partial charge in [-0.25, -0.2) is 8.78 Å². The van der Waals surface area contributed by atoms with Crippen molar-refractivity contribution in [2.75, 3.05) is 42.5 Å². The summed E-state index contributed by atoms with van der Waals surface area (Å²) in [7, 11) is 0. The molecule has 9 aromatic heterocycles. The van der Waals surface area contributed by atoms with E-state index in [1.54, 1.807) is 178 Å². The summed E-state index contributed by atoms with van der Waals surface area (Å²) in [5, 5.41) is 39.0. The third-order valence-electron chi connectivity index (χ3n) is 18.4. The maximum atomic E-state index is 14.2. The van der Waals surface area contributed by atoms with Crippen molar-refractivity contribution in [2.45, 2.75) is 40.8 Å². The molecular weight excluding hydrogens is 1710 g/mol. The zero-order chi connectivity index (χ0) is 91.4. The molecule has 646 valence electrons. The predicted octanol–water partition coefficient (Wildman–Crippen LogP) is 16.2. The fourth-order valence-corrected chi connectivity index (χ4v) is 12.3. The summed E-state index contributed by atoms with van der Waals surface area (Å²) < 4.78 is 72.5. The van der Waals surface area contributed by atoms with Gasteiger partial charge >= 0.3 is 6.18 Å². The van der Waals surface area contributed by atoms with E-state index in [4.69, 9.17) is 23.2 Å². The van der Waals surface area contributed by atoms with Gasteiger partial charge in [0.1, 0.15) is 0 Å². The Labute approximate surface area is 738 Å². The van der Waals surface area contributed by atoms with Crippen LogP contribution in [0.25, 0.3) is 22.7 Å². The smallest absolute Gasteiger partial charge is 0.290 e. The summed E-state index contributed by atoms with van der Waals surface area (Å²) >= 11 is 12.0. The molecule has 0 bridgehead atoms. The van der Waals surface area contributed by atoms with E-state index < -0.39 is 58.8 Å². The second-order valence-corrected chi connectivity index (χ2v) is 28.3. The van der Waals surface area contributed by atoms with Gasteiger partial charge in [0, 0.05) is 81.9 Å². The highest BCUT2D eigenvalue weighted by molar-refractivity contribution is 6.31. The van der Waals surface area contributed by atoms with Crippen molar-refractivity contribution in [3.05, 3.63) is 374 Å². The highest BCUT2D eigenvalue weighted by Crippen LogP contribution is 2.32. The summed E-state index contributed by atoms with van der Waals surface area (Å²) in [6.45, 7) is 8.54. The molecule has 129 heavy (non-hydrogen) atoms. The Morgan fingerprint density at radius 2 is 0.597 bits per heavy atom. The van der Waals surface area contributed by atoms with Crippen LogP contribution in [0.5, 0.6) is 0 Å². The Hall–Kier alpha value is -17.2. The number of amides is 8. The van der Waals surface area contributed by atoms with E-state index in [9.17, 15) is 60.3 Å². The summed E-state index contributed by atoms with van der Waals surface area (Å²) in [6.07, 6.45) is 8.96. The van der Waals surface area contributed by atoms with Crippen molar-refractivity contribution in [1.82, 2.24) is 84.0 Å². The SMILES string of the molecule is Cc1ccccc1C(=O)Nc1nc(NC(=O)c2cccnc2)nn1-c1ccc(C(F)(F)F)cc1.Cc1ccccc1C(=O)Nc1nc(NC(=O)c2cccnc2)nn1-c1ccc(Cl)cc1.Cc1ccccc1C(=O)Nc1nc(NC(=O)c2ccncc2)nn1-c1ccc(Cl)cc1.Cc1cncc(F)c1C(=O)Nc1nc(NC(=O)c2c(C)cncc2F)n(-c2ccccc2)n1. The average Bonchev–Trinajstić information content (AvgIpc) is 1.54. The molecular formula is C89H68Cl2F5N25O8. The molecule has 0 aliphatic heterocycles. The summed E-state index contributed by atoms with van der Waals surface area (Å²) in [6, 6.07) is 57.3. The van der Waals surface area contributed by atoms with Crippen LogP contribution in [0.4, 0.5) is 69.5 Å². The first-order valence-electron chi connectivity index (χ1n) is 38.3. The quantitative estimate of drug-likeness (QED) is 0.0329. The number of anilines is 8. The van der Waals surface area contributed by atoms with Crippen LogP contribution in [0.2, 0.25) is 10.0 Å². The van der Waals surface area contributed by atoms with Gasteiger partial charge < -0.3 is 0 Å². The van der Waals surface area contributed by atoms with E-state index in [2.05, 4.69) is 108 Å². The van der Waals surface area contributed by atoms with Crippen molar-refractivity contribution in [2.24, 2.45) is 0 Å². The lowest BCUT2D eigenvalue weighted by Crippen LogP contribution is -2.18. The average molecular weight is 1780 g/mol. The molecule has 40 heteroatoms. The Morgan fingerprint density at radius 3 is 0.930 bits per heavy atom. The highest BCUT2D eigenvalue weighted by atomic mass is 35.5. The van der Waals surface area contributed by atoms with Crippen LogP contribution in [0.3, 0.4) is 0 Å². The van der Waals surface area contributed by atoms with Crippen molar-refractivity contribution in [1.29, 1.82) is 0 Å². The lowest BCUT2D eigenvalue weighted by molar-refractivity contribution is -0.137. The number of hydrogen-bond acceptors (Lipinski definition) is 21. The maximum Gasteiger partial charge on any atom is 0.416 e. The molecule has 0 saturated carbocycles. The minimum Gasteiger partial charge on any atom is -0.290 e. The van der Waals surface area contributed by atoms with Gasteiger partial charge in [0.25, 0.3) is 71.1 Å². The number of pyridine rings is 5. The van der Waals surface area contributed by atoms with Gasteiger partial charge in [-0.1, -0.05) is 96.0 Å². The topological polar surface area (TPSA) is 420 Å². The van der Waals surface area contributed by atoms with Crippen LogP contribution in [-0.4, -0.2) is 131 Å². The molecule has 16 aromatic rings. The van der Waals surface area contributed by atoms with Crippen LogP contribution >= 0.6 is 23.2 Å². The first-order chi connectivity index (χ1) is 62.1. The molecule has 9 heterocycles. The zero-order valence-electron chi connectivity index (χ0n) is 68.0. The number of aromatic nitrogens is 17. The maximum absolute atomic E-state index is 14.2.